The van der Waals surface area contributed by atoms with Gasteiger partial charge in [0.15, 0.2) is 0 Å². The van der Waals surface area contributed by atoms with Crippen molar-refractivity contribution in [2.24, 2.45) is 5.84 Å². The maximum absolute atomic E-state index is 11.1. The predicted molar refractivity (Wildman–Crippen MR) is 69.8 cm³/mol. The number of rotatable bonds is 4. The molecule has 2 rings (SSSR count). The van der Waals surface area contributed by atoms with Gasteiger partial charge in [-0.15, -0.1) is 0 Å². The Labute approximate surface area is 111 Å². The number of nitrogens with one attached hydrogen (secondary N) is 1. The Balaban J connectivity index is 1.90. The molecular weight excluding hydrogens is 246 g/mol. The summed E-state index contributed by atoms with van der Waals surface area (Å²) in [5.74, 6) is 4.81. The number of β-amino-alcohol motifs (C(OH)–C–C–N with tert-alkyl or cyclic N) is 2. The number of benzene rings is 1. The van der Waals surface area contributed by atoms with E-state index in [1.54, 1.807) is 0 Å². The van der Waals surface area contributed by atoms with Crippen LogP contribution in [0, 0.1) is 0 Å². The lowest BCUT2D eigenvalue weighted by atomic mass is 10.1. The number of aliphatic hydroxyl groups excluding tert-OH is 2. The Bertz CT molecular complexity index is 425. The molecule has 1 aromatic rings. The van der Waals surface area contributed by atoms with Crippen molar-refractivity contribution in [3.8, 4) is 0 Å². The summed E-state index contributed by atoms with van der Waals surface area (Å²) in [5, 5.41) is 18.9. The molecule has 6 nitrogen and oxygen atoms in total. The van der Waals surface area contributed by atoms with Crippen molar-refractivity contribution >= 4 is 5.91 Å². The van der Waals surface area contributed by atoms with Crippen LogP contribution in [0.5, 0.6) is 0 Å². The minimum absolute atomic E-state index is 0.224. The van der Waals surface area contributed by atoms with E-state index in [0.29, 0.717) is 19.6 Å². The van der Waals surface area contributed by atoms with Crippen LogP contribution in [-0.2, 0) is 17.8 Å². The Morgan fingerprint density at radius 3 is 2.26 bits per heavy atom. The normalized spacial score (nSPS) is 23.5. The number of nitrogens with zero attached hydrogens (tertiary/aromatic N) is 1. The van der Waals surface area contributed by atoms with Gasteiger partial charge < -0.3 is 10.2 Å². The Morgan fingerprint density at radius 1 is 1.21 bits per heavy atom. The minimum Gasteiger partial charge on any atom is -0.389 e. The summed E-state index contributed by atoms with van der Waals surface area (Å²) in [4.78, 5) is 13.1. The van der Waals surface area contributed by atoms with Crippen LogP contribution in [0.15, 0.2) is 24.3 Å². The molecule has 0 radical (unpaired) electrons. The van der Waals surface area contributed by atoms with Gasteiger partial charge in [-0.2, -0.15) is 0 Å². The van der Waals surface area contributed by atoms with E-state index in [2.05, 4.69) is 5.43 Å². The van der Waals surface area contributed by atoms with E-state index in [4.69, 9.17) is 5.84 Å². The van der Waals surface area contributed by atoms with Gasteiger partial charge in [0.1, 0.15) is 0 Å². The van der Waals surface area contributed by atoms with Crippen LogP contribution in [-0.4, -0.2) is 46.3 Å². The summed E-state index contributed by atoms with van der Waals surface area (Å²) in [6, 6.07) is 7.65. The molecule has 5 N–H and O–H groups in total. The van der Waals surface area contributed by atoms with E-state index in [0.717, 1.165) is 11.1 Å². The molecule has 2 atom stereocenters. The van der Waals surface area contributed by atoms with Crippen molar-refractivity contribution in [1.29, 1.82) is 0 Å². The fourth-order valence-electron chi connectivity index (χ4n) is 2.23. The SMILES string of the molecule is NNC(=O)Cc1ccc(CN2CC(O)C(O)C2)cc1. The molecule has 0 bridgehead atoms. The van der Waals surface area contributed by atoms with Crippen LogP contribution in [0.1, 0.15) is 11.1 Å². The molecule has 0 spiro atoms. The van der Waals surface area contributed by atoms with E-state index in [1.165, 1.54) is 0 Å². The lowest BCUT2D eigenvalue weighted by Gasteiger charge is -2.14. The van der Waals surface area contributed by atoms with E-state index >= 15 is 0 Å². The molecule has 19 heavy (non-hydrogen) atoms. The smallest absolute Gasteiger partial charge is 0.238 e. The summed E-state index contributed by atoms with van der Waals surface area (Å²) in [6.07, 6.45) is -1.06. The number of aliphatic hydroxyl groups is 2. The average molecular weight is 265 g/mol. The van der Waals surface area contributed by atoms with Crippen LogP contribution in [0.3, 0.4) is 0 Å². The van der Waals surface area contributed by atoms with Crippen LogP contribution < -0.4 is 11.3 Å². The number of likely N-dealkylation sites (tertiary alicyclic amines) is 1. The van der Waals surface area contributed by atoms with Crippen LogP contribution >= 0.6 is 0 Å². The summed E-state index contributed by atoms with van der Waals surface area (Å²) in [6.45, 7) is 1.65. The highest BCUT2D eigenvalue weighted by atomic mass is 16.3. The Hall–Kier alpha value is -1.47. The van der Waals surface area contributed by atoms with Gasteiger partial charge >= 0.3 is 0 Å². The molecule has 0 saturated carbocycles. The zero-order chi connectivity index (χ0) is 13.8. The second-order valence-electron chi connectivity index (χ2n) is 4.89. The molecule has 0 aliphatic carbocycles. The number of hydrazine groups is 1. The number of hydrogen-bond acceptors (Lipinski definition) is 5. The maximum atomic E-state index is 11.1. The van der Waals surface area contributed by atoms with Crippen LogP contribution in [0.25, 0.3) is 0 Å². The standard InChI is InChI=1S/C13H19N3O3/c14-15-13(19)5-9-1-3-10(4-2-9)6-16-7-11(17)12(18)8-16/h1-4,11-12,17-18H,5-8,14H2,(H,15,19). The van der Waals surface area contributed by atoms with Crippen molar-refractivity contribution < 1.29 is 15.0 Å². The first-order chi connectivity index (χ1) is 9.08. The quantitative estimate of drug-likeness (QED) is 0.310. The third-order valence-electron chi connectivity index (χ3n) is 3.29. The van der Waals surface area contributed by atoms with Crippen LogP contribution in [0.4, 0.5) is 0 Å². The third-order valence-corrected chi connectivity index (χ3v) is 3.29. The number of carbonyl (C=O) groups excluding carboxylic acids is 1. The molecule has 0 aromatic heterocycles. The molecule has 1 heterocycles. The molecular formula is C13H19N3O3. The molecule has 1 aromatic carbocycles. The van der Waals surface area contributed by atoms with Gasteiger partial charge in [0.05, 0.1) is 18.6 Å². The highest BCUT2D eigenvalue weighted by Gasteiger charge is 2.29. The topological polar surface area (TPSA) is 98.8 Å². The molecule has 104 valence electrons. The van der Waals surface area contributed by atoms with Gasteiger partial charge in [-0.3, -0.25) is 15.1 Å². The Kier molecular flexibility index (Phi) is 4.49. The Morgan fingerprint density at radius 2 is 1.74 bits per heavy atom. The van der Waals surface area contributed by atoms with Gasteiger partial charge in [0.2, 0.25) is 5.91 Å². The molecule has 1 fully saturated rings. The van der Waals surface area contributed by atoms with Crippen molar-refractivity contribution in [1.82, 2.24) is 10.3 Å². The summed E-state index contributed by atoms with van der Waals surface area (Å²) in [5.41, 5.74) is 4.07. The number of nitrogens with two attached hydrogens (primary N) is 1. The zero-order valence-electron chi connectivity index (χ0n) is 10.6. The maximum Gasteiger partial charge on any atom is 0.238 e. The van der Waals surface area contributed by atoms with Crippen molar-refractivity contribution in [3.05, 3.63) is 35.4 Å². The first-order valence-electron chi connectivity index (χ1n) is 6.24. The summed E-state index contributed by atoms with van der Waals surface area (Å²) in [7, 11) is 0. The van der Waals surface area contributed by atoms with Gasteiger partial charge in [-0.05, 0) is 11.1 Å². The summed E-state index contributed by atoms with van der Waals surface area (Å²) < 4.78 is 0. The minimum atomic E-state index is -0.660. The molecule has 1 aliphatic heterocycles. The van der Waals surface area contributed by atoms with Crippen molar-refractivity contribution in [3.63, 3.8) is 0 Å². The molecule has 1 aliphatic rings. The third kappa shape index (κ3) is 3.74. The van der Waals surface area contributed by atoms with Gasteiger partial charge in [-0.1, -0.05) is 24.3 Å². The number of amides is 1. The lowest BCUT2D eigenvalue weighted by Crippen LogP contribution is -2.31. The monoisotopic (exact) mass is 265 g/mol. The fourth-order valence-corrected chi connectivity index (χ4v) is 2.23. The zero-order valence-corrected chi connectivity index (χ0v) is 10.6. The number of carbonyl (C=O) groups is 1. The first kappa shape index (κ1) is 14.0. The molecule has 6 heteroatoms. The first-order valence-corrected chi connectivity index (χ1v) is 6.24. The molecule has 1 saturated heterocycles. The van der Waals surface area contributed by atoms with Crippen molar-refractivity contribution in [2.45, 2.75) is 25.2 Å². The second kappa shape index (κ2) is 6.12. The fraction of sp³-hybridized carbons (Fsp3) is 0.462. The summed E-state index contributed by atoms with van der Waals surface area (Å²) >= 11 is 0. The van der Waals surface area contributed by atoms with Gasteiger partial charge in [0.25, 0.3) is 0 Å². The highest BCUT2D eigenvalue weighted by molar-refractivity contribution is 5.77. The van der Waals surface area contributed by atoms with E-state index < -0.39 is 12.2 Å². The molecule has 1 amide bonds. The predicted octanol–water partition coefficient (Wildman–Crippen LogP) is -1.24. The van der Waals surface area contributed by atoms with E-state index in [-0.39, 0.29) is 12.3 Å². The van der Waals surface area contributed by atoms with E-state index in [9.17, 15) is 15.0 Å². The molecule has 2 unspecified atom stereocenters. The number of hydrogen-bond donors (Lipinski definition) is 4. The van der Waals surface area contributed by atoms with Gasteiger partial charge in [-0.25, -0.2) is 5.84 Å². The van der Waals surface area contributed by atoms with Crippen LogP contribution in [0.2, 0.25) is 0 Å². The highest BCUT2D eigenvalue weighted by Crippen LogP contribution is 2.14. The van der Waals surface area contributed by atoms with Crippen molar-refractivity contribution in [2.75, 3.05) is 13.1 Å². The second-order valence-corrected chi connectivity index (χ2v) is 4.89. The average Bonchev–Trinajstić information content (AvgIpc) is 2.70. The van der Waals surface area contributed by atoms with Gasteiger partial charge in [0, 0.05) is 19.6 Å². The van der Waals surface area contributed by atoms with E-state index in [1.807, 2.05) is 29.2 Å². The largest absolute Gasteiger partial charge is 0.389 e. The lowest BCUT2D eigenvalue weighted by molar-refractivity contribution is -0.120.